The number of nitrogens with one attached hydrogen (secondary N) is 1. The predicted octanol–water partition coefficient (Wildman–Crippen LogP) is 2.83. The Bertz CT molecular complexity index is 1510. The Morgan fingerprint density at radius 3 is 2.62 bits per heavy atom. The van der Waals surface area contributed by atoms with E-state index in [1.807, 2.05) is 38.1 Å². The molecule has 2 aliphatic heterocycles. The van der Waals surface area contributed by atoms with E-state index in [1.54, 1.807) is 26.0 Å². The quantitative estimate of drug-likeness (QED) is 0.583. The Labute approximate surface area is 230 Å². The fourth-order valence-corrected chi connectivity index (χ4v) is 4.76. The third-order valence-electron chi connectivity index (χ3n) is 6.61. The van der Waals surface area contributed by atoms with Crippen LogP contribution in [0, 0.1) is 0 Å². The zero-order valence-electron chi connectivity index (χ0n) is 22.3. The van der Waals surface area contributed by atoms with E-state index in [1.165, 1.54) is 4.57 Å². The average molecular weight is 558 g/mol. The highest BCUT2D eigenvalue weighted by Gasteiger charge is 2.33. The summed E-state index contributed by atoms with van der Waals surface area (Å²) in [5, 5.41) is 4.55. The fourth-order valence-electron chi connectivity index (χ4n) is 4.63. The molecule has 3 atom stereocenters. The van der Waals surface area contributed by atoms with Crippen molar-refractivity contribution in [1.29, 1.82) is 0 Å². The van der Waals surface area contributed by atoms with Gasteiger partial charge in [-0.2, -0.15) is 0 Å². The van der Waals surface area contributed by atoms with Gasteiger partial charge in [-0.1, -0.05) is 35.0 Å². The molecule has 1 fully saturated rings. The number of aromatic amines is 1. The van der Waals surface area contributed by atoms with Crippen molar-refractivity contribution >= 4 is 17.5 Å². The lowest BCUT2D eigenvalue weighted by Crippen LogP contribution is -2.51. The summed E-state index contributed by atoms with van der Waals surface area (Å²) in [7, 11) is 0. The number of ether oxygens (including phenoxy) is 3. The maximum atomic E-state index is 13.7. The minimum atomic E-state index is -0.771. The van der Waals surface area contributed by atoms with Crippen molar-refractivity contribution < 1.29 is 19.0 Å². The highest BCUT2D eigenvalue weighted by molar-refractivity contribution is 6.30. The van der Waals surface area contributed by atoms with Gasteiger partial charge >= 0.3 is 11.4 Å². The number of hydrogen-bond acceptors (Lipinski definition) is 8. The summed E-state index contributed by atoms with van der Waals surface area (Å²) in [5.41, 5.74) is 0.913. The summed E-state index contributed by atoms with van der Waals surface area (Å²) in [5.74, 6) is 0.454. The lowest BCUT2D eigenvalue weighted by molar-refractivity contribution is -0.139. The van der Waals surface area contributed by atoms with Crippen LogP contribution in [0.3, 0.4) is 0 Å². The molecule has 12 heteroatoms. The van der Waals surface area contributed by atoms with E-state index in [0.29, 0.717) is 29.5 Å². The molecule has 3 aliphatic rings. The number of halogens is 1. The van der Waals surface area contributed by atoms with E-state index in [-0.39, 0.29) is 37.5 Å². The molecule has 2 unspecified atom stereocenters. The van der Waals surface area contributed by atoms with Crippen LogP contribution < -0.4 is 17.0 Å². The van der Waals surface area contributed by atoms with Crippen LogP contribution in [0.2, 0.25) is 5.02 Å². The second-order valence-electron chi connectivity index (χ2n) is 10.4. The van der Waals surface area contributed by atoms with Crippen molar-refractivity contribution in [3.05, 3.63) is 84.9 Å². The Balaban J connectivity index is 1.46. The van der Waals surface area contributed by atoms with Gasteiger partial charge in [0.05, 0.1) is 32.2 Å². The molecular formula is C27H32ClN5O6. The summed E-state index contributed by atoms with van der Waals surface area (Å²) >= 11 is 6.06. The fraction of sp³-hybridized carbons (Fsp3) is 0.481. The molecule has 1 aliphatic carbocycles. The van der Waals surface area contributed by atoms with Gasteiger partial charge in [0.1, 0.15) is 18.0 Å². The van der Waals surface area contributed by atoms with Gasteiger partial charge in [-0.3, -0.25) is 9.55 Å². The summed E-state index contributed by atoms with van der Waals surface area (Å²) < 4.78 is 19.9. The number of benzene rings is 1. The lowest BCUT2D eigenvalue weighted by atomic mass is 10.0. The van der Waals surface area contributed by atoms with Crippen LogP contribution in [0.15, 0.2) is 67.5 Å². The van der Waals surface area contributed by atoms with Crippen molar-refractivity contribution in [2.45, 2.75) is 77.7 Å². The molecule has 0 saturated carbocycles. The van der Waals surface area contributed by atoms with Gasteiger partial charge < -0.3 is 19.0 Å². The molecule has 3 heterocycles. The summed E-state index contributed by atoms with van der Waals surface area (Å²) in [4.78, 5) is 39.5. The molecule has 5 rings (SSSR count). The topological polar surface area (TPSA) is 121 Å². The van der Waals surface area contributed by atoms with Crippen LogP contribution in [-0.4, -0.2) is 50.7 Å². The van der Waals surface area contributed by atoms with Crippen molar-refractivity contribution in [3.8, 4) is 0 Å². The highest BCUT2D eigenvalue weighted by Crippen LogP contribution is 2.24. The van der Waals surface area contributed by atoms with Crippen molar-refractivity contribution in [1.82, 2.24) is 14.1 Å². The third kappa shape index (κ3) is 6.43. The largest absolute Gasteiger partial charge is 0.440 e. The molecule has 1 saturated heterocycles. The van der Waals surface area contributed by atoms with Crippen molar-refractivity contribution in [2.24, 2.45) is 10.1 Å². The first-order valence-electron chi connectivity index (χ1n) is 12.9. The van der Waals surface area contributed by atoms with Gasteiger partial charge in [-0.05, 0) is 63.5 Å². The molecular weight excluding hydrogens is 526 g/mol. The van der Waals surface area contributed by atoms with Gasteiger partial charge in [0.15, 0.2) is 5.79 Å². The normalized spacial score (nSPS) is 24.7. The molecule has 0 spiro atoms. The zero-order chi connectivity index (χ0) is 27.7. The average Bonchev–Trinajstić information content (AvgIpc) is 3.45. The SMILES string of the molecule is CC1=C(OC2=NOC(C)C2)C=CC(/N=c2\[nH]c(=O)n(C[C@H]3COC(C)(C)O3)c(=O)n2Cc2ccc(Cl)cc2)C1. The second kappa shape index (κ2) is 11.0. The molecule has 11 nitrogen and oxygen atoms in total. The number of nitrogens with zero attached hydrogens (tertiary/aromatic N) is 4. The smallest absolute Gasteiger partial charge is 0.335 e. The Hall–Kier alpha value is -3.41. The Kier molecular flexibility index (Phi) is 7.66. The molecule has 0 amide bonds. The molecule has 2 aromatic rings. The molecule has 0 bridgehead atoms. The number of hydrogen-bond donors (Lipinski definition) is 1. The predicted molar refractivity (Wildman–Crippen MR) is 144 cm³/mol. The molecule has 39 heavy (non-hydrogen) atoms. The van der Waals surface area contributed by atoms with Crippen molar-refractivity contribution in [3.63, 3.8) is 0 Å². The van der Waals surface area contributed by atoms with E-state index in [9.17, 15) is 9.59 Å². The van der Waals surface area contributed by atoms with E-state index < -0.39 is 23.3 Å². The standard InChI is InChI=1S/C27H32ClN5O6/c1-16-11-20(9-10-22(16)37-23-12-17(2)39-31-23)29-24-30-25(34)33(14-21-15-36-27(3,4)38-21)26(35)32(24)13-18-5-7-19(28)8-6-18/h5-10,17,20-21H,11-15H2,1-4H3,(H,29,30,34)/t17?,20?,21-/m0/s1. The number of allylic oxidation sites excluding steroid dienone is 1. The number of aromatic nitrogens is 3. The van der Waals surface area contributed by atoms with Crippen LogP contribution in [0.5, 0.6) is 0 Å². The number of H-pyrrole nitrogens is 1. The van der Waals surface area contributed by atoms with Gasteiger partial charge in [0.25, 0.3) is 0 Å². The molecule has 1 N–H and O–H groups in total. The van der Waals surface area contributed by atoms with Crippen LogP contribution in [0.1, 0.15) is 46.1 Å². The summed E-state index contributed by atoms with van der Waals surface area (Å²) in [6.45, 7) is 7.99. The van der Waals surface area contributed by atoms with Crippen LogP contribution >= 0.6 is 11.6 Å². The van der Waals surface area contributed by atoms with Gasteiger partial charge in [-0.15, -0.1) is 0 Å². The van der Waals surface area contributed by atoms with Gasteiger partial charge in [-0.25, -0.2) is 19.1 Å². The van der Waals surface area contributed by atoms with Crippen LogP contribution in [-0.2, 0) is 32.1 Å². The Morgan fingerprint density at radius 2 is 1.97 bits per heavy atom. The third-order valence-corrected chi connectivity index (χ3v) is 6.86. The molecule has 0 radical (unpaired) electrons. The van der Waals surface area contributed by atoms with Crippen LogP contribution in [0.4, 0.5) is 0 Å². The van der Waals surface area contributed by atoms with Crippen LogP contribution in [0.25, 0.3) is 0 Å². The first-order valence-corrected chi connectivity index (χ1v) is 13.3. The van der Waals surface area contributed by atoms with E-state index >= 15 is 0 Å². The van der Waals surface area contributed by atoms with Gasteiger partial charge in [0.2, 0.25) is 11.5 Å². The maximum Gasteiger partial charge on any atom is 0.335 e. The minimum Gasteiger partial charge on any atom is -0.440 e. The first-order chi connectivity index (χ1) is 18.6. The highest BCUT2D eigenvalue weighted by atomic mass is 35.5. The number of rotatable bonds is 6. The number of oxime groups is 1. The van der Waals surface area contributed by atoms with Gasteiger partial charge in [0, 0.05) is 5.02 Å². The molecule has 1 aromatic carbocycles. The monoisotopic (exact) mass is 557 g/mol. The summed E-state index contributed by atoms with van der Waals surface area (Å²) in [6, 6.07) is 6.86. The first kappa shape index (κ1) is 27.2. The van der Waals surface area contributed by atoms with E-state index in [4.69, 9.17) is 35.6 Å². The van der Waals surface area contributed by atoms with E-state index in [2.05, 4.69) is 10.1 Å². The second-order valence-corrected chi connectivity index (χ2v) is 10.9. The molecule has 208 valence electrons. The summed E-state index contributed by atoms with van der Waals surface area (Å²) in [6.07, 6.45) is 4.42. The minimum absolute atomic E-state index is 0.00879. The molecule has 1 aromatic heterocycles. The Morgan fingerprint density at radius 1 is 1.21 bits per heavy atom. The maximum absolute atomic E-state index is 13.7. The lowest BCUT2D eigenvalue weighted by Gasteiger charge is -2.19. The van der Waals surface area contributed by atoms with E-state index in [0.717, 1.165) is 15.7 Å². The van der Waals surface area contributed by atoms with Crippen molar-refractivity contribution in [2.75, 3.05) is 6.61 Å². The zero-order valence-corrected chi connectivity index (χ0v) is 23.1.